The van der Waals surface area contributed by atoms with E-state index in [2.05, 4.69) is 208 Å². The Hall–Kier alpha value is -6.00. The lowest BCUT2D eigenvalue weighted by molar-refractivity contribution is 0.331. The maximum Gasteiger partial charge on any atom is 0.333 e. The molecule has 0 atom stereocenters. The second-order valence-corrected chi connectivity index (χ2v) is 24.1. The molecule has 0 spiro atoms. The van der Waals surface area contributed by atoms with Crippen LogP contribution in [0.3, 0.4) is 0 Å². The van der Waals surface area contributed by atoms with Gasteiger partial charge in [0.25, 0.3) is 0 Å². The Labute approximate surface area is 384 Å². The van der Waals surface area contributed by atoms with E-state index in [9.17, 15) is 0 Å². The van der Waals surface area contributed by atoms with Crippen LogP contribution in [0.4, 0.5) is 11.4 Å². The third-order valence-corrected chi connectivity index (χ3v) is 16.8. The van der Waals surface area contributed by atoms with Crippen LogP contribution in [0.2, 0.25) is 0 Å². The Kier molecular flexibility index (Phi) is 7.43. The first-order valence-corrected chi connectivity index (χ1v) is 24.1. The van der Waals surface area contributed by atoms with Crippen molar-refractivity contribution in [3.05, 3.63) is 149 Å². The number of fused-ring (bicyclic) bond motifs is 15. The summed E-state index contributed by atoms with van der Waals surface area (Å²) < 4.78 is 9.19. The van der Waals surface area contributed by atoms with Gasteiger partial charge in [-0.3, -0.25) is 0 Å². The minimum Gasteiger partial charge on any atom is -0.456 e. The van der Waals surface area contributed by atoms with E-state index < -0.39 is 0 Å². The van der Waals surface area contributed by atoms with E-state index in [1.54, 1.807) is 0 Å². The molecule has 0 bridgehead atoms. The molecule has 4 heteroatoms. The second kappa shape index (κ2) is 12.3. The SMILES string of the molecule is CC(C)(C)c1ccc(N2B3c4cc(C(C)(C)C)ccc4-n4c5cc6c(cc5c5ccc(c3c54)-c3cc4c(cc32)C(C)(C)c2cc3c(cc2-4)C(C)(C)CCC3(C)C)oc2ccccc26)cc1. The summed E-state index contributed by atoms with van der Waals surface area (Å²) in [5, 5.41) is 4.82. The zero-order valence-corrected chi connectivity index (χ0v) is 40.3. The fourth-order valence-electron chi connectivity index (χ4n) is 12.8. The number of furan rings is 1. The van der Waals surface area contributed by atoms with Gasteiger partial charge in [-0.05, 0) is 150 Å². The summed E-state index contributed by atoms with van der Waals surface area (Å²) in [6.07, 6.45) is 2.41. The first kappa shape index (κ1) is 39.4. The largest absolute Gasteiger partial charge is 0.456 e. The van der Waals surface area contributed by atoms with Crippen LogP contribution >= 0.6 is 0 Å². The van der Waals surface area contributed by atoms with E-state index in [-0.39, 0.29) is 33.9 Å². The minimum atomic E-state index is -0.171. The first-order chi connectivity index (χ1) is 30.7. The molecule has 0 saturated carbocycles. The van der Waals surface area contributed by atoms with E-state index in [4.69, 9.17) is 4.42 Å². The van der Waals surface area contributed by atoms with Crippen LogP contribution in [0.15, 0.2) is 120 Å². The summed E-state index contributed by atoms with van der Waals surface area (Å²) in [5.41, 5.74) is 25.1. The van der Waals surface area contributed by atoms with Crippen LogP contribution in [0.1, 0.15) is 129 Å². The smallest absolute Gasteiger partial charge is 0.333 e. The lowest BCUT2D eigenvalue weighted by Crippen LogP contribution is -2.60. The molecule has 0 radical (unpaired) electrons. The van der Waals surface area contributed by atoms with E-state index in [1.165, 1.54) is 118 Å². The highest BCUT2D eigenvalue weighted by molar-refractivity contribution is 6.93. The maximum absolute atomic E-state index is 6.58. The molecule has 2 aliphatic carbocycles. The van der Waals surface area contributed by atoms with Crippen molar-refractivity contribution in [2.75, 3.05) is 4.81 Å². The summed E-state index contributed by atoms with van der Waals surface area (Å²) >= 11 is 0. The van der Waals surface area contributed by atoms with Gasteiger partial charge >= 0.3 is 6.85 Å². The van der Waals surface area contributed by atoms with Crippen molar-refractivity contribution in [3.63, 3.8) is 0 Å². The molecule has 2 aromatic heterocycles. The van der Waals surface area contributed by atoms with E-state index in [0.717, 1.165) is 21.9 Å². The zero-order valence-electron chi connectivity index (χ0n) is 40.3. The van der Waals surface area contributed by atoms with Gasteiger partial charge < -0.3 is 13.8 Å². The fourth-order valence-corrected chi connectivity index (χ4v) is 12.8. The Morgan fingerprint density at radius 3 is 1.89 bits per heavy atom. The van der Waals surface area contributed by atoms with Gasteiger partial charge in [0.15, 0.2) is 0 Å². The van der Waals surface area contributed by atoms with Crippen LogP contribution in [0.25, 0.3) is 71.7 Å². The van der Waals surface area contributed by atoms with Crippen molar-refractivity contribution >= 4 is 72.9 Å². The lowest BCUT2D eigenvalue weighted by atomic mass is 9.43. The summed E-state index contributed by atoms with van der Waals surface area (Å²) in [5.74, 6) is 0. The molecule has 4 heterocycles. The predicted octanol–water partition coefficient (Wildman–Crippen LogP) is 15.2. The molecule has 13 rings (SSSR count). The van der Waals surface area contributed by atoms with Crippen molar-refractivity contribution < 1.29 is 4.42 Å². The van der Waals surface area contributed by atoms with Gasteiger partial charge in [0.2, 0.25) is 0 Å². The molecule has 0 amide bonds. The summed E-state index contributed by atoms with van der Waals surface area (Å²) in [6.45, 7) is 28.8. The maximum atomic E-state index is 6.58. The number of anilines is 2. The number of hydrogen-bond acceptors (Lipinski definition) is 2. The second-order valence-electron chi connectivity index (χ2n) is 24.1. The van der Waals surface area contributed by atoms with Crippen molar-refractivity contribution in [2.45, 2.75) is 123 Å². The molecule has 9 aromatic rings. The Bertz CT molecular complexity index is 3600. The topological polar surface area (TPSA) is 21.3 Å². The molecule has 65 heavy (non-hydrogen) atoms. The Morgan fingerprint density at radius 1 is 0.508 bits per heavy atom. The van der Waals surface area contributed by atoms with Crippen LogP contribution in [0, 0.1) is 0 Å². The summed E-state index contributed by atoms with van der Waals surface area (Å²) in [4.78, 5) is 2.73. The van der Waals surface area contributed by atoms with Crippen molar-refractivity contribution in [1.29, 1.82) is 0 Å². The van der Waals surface area contributed by atoms with Gasteiger partial charge in [-0.1, -0.05) is 144 Å². The van der Waals surface area contributed by atoms with Crippen molar-refractivity contribution in [2.24, 2.45) is 0 Å². The number of rotatable bonds is 1. The lowest BCUT2D eigenvalue weighted by Gasteiger charge is -2.43. The van der Waals surface area contributed by atoms with Gasteiger partial charge in [0.05, 0.1) is 11.0 Å². The predicted molar refractivity (Wildman–Crippen MR) is 277 cm³/mol. The van der Waals surface area contributed by atoms with Gasteiger partial charge in [-0.2, -0.15) is 0 Å². The third kappa shape index (κ3) is 5.15. The molecular weight excluding hydrogens is 787 g/mol. The highest BCUT2D eigenvalue weighted by atomic mass is 16.3. The highest BCUT2D eigenvalue weighted by Crippen LogP contribution is 2.58. The molecule has 0 saturated heterocycles. The molecule has 2 aliphatic heterocycles. The molecule has 3 nitrogen and oxygen atoms in total. The van der Waals surface area contributed by atoms with Gasteiger partial charge in [0, 0.05) is 49.6 Å². The highest BCUT2D eigenvalue weighted by Gasteiger charge is 2.48. The number of benzene rings is 7. The van der Waals surface area contributed by atoms with Gasteiger partial charge in [-0.15, -0.1) is 0 Å². The van der Waals surface area contributed by atoms with Crippen molar-refractivity contribution in [1.82, 2.24) is 4.57 Å². The minimum absolute atomic E-state index is 0.0323. The van der Waals surface area contributed by atoms with Crippen molar-refractivity contribution in [3.8, 4) is 27.9 Å². The first-order valence-electron chi connectivity index (χ1n) is 24.1. The fraction of sp³-hybridized carbons (Fsp3) is 0.311. The molecule has 0 unspecified atom stereocenters. The average molecular weight is 847 g/mol. The molecule has 322 valence electrons. The number of para-hydroxylation sites is 1. The number of hydrogen-bond donors (Lipinski definition) is 0. The van der Waals surface area contributed by atoms with Crippen LogP contribution in [0.5, 0.6) is 0 Å². The Morgan fingerprint density at radius 2 is 1.17 bits per heavy atom. The van der Waals surface area contributed by atoms with E-state index in [1.807, 2.05) is 0 Å². The average Bonchev–Trinajstić information content (AvgIpc) is 3.86. The van der Waals surface area contributed by atoms with Gasteiger partial charge in [-0.25, -0.2) is 0 Å². The molecular formula is C61H59BN2O. The van der Waals surface area contributed by atoms with Crippen LogP contribution < -0.4 is 15.7 Å². The van der Waals surface area contributed by atoms with E-state index in [0.29, 0.717) is 0 Å². The molecule has 4 aliphatic rings. The monoisotopic (exact) mass is 846 g/mol. The standard InChI is InChI=1S/C61H59BN2O/c1-57(2,3)34-17-20-36(21-18-34)64-52-33-46-40(41-29-47-48(32-45(41)61(46,11)12)60(9,10)26-25-59(47,7)8)28-42(52)38-22-23-39-43-31-54-44(37-15-13-14-16-53(37)65-54)30-51(43)63-50-24-19-35(58(4,5)6)27-49(50)62(64)55(38)56(39)63/h13-24,27-33H,25-26H2,1-12H3. The van der Waals surface area contributed by atoms with Crippen LogP contribution in [-0.2, 0) is 27.1 Å². The number of aromatic nitrogens is 1. The summed E-state index contributed by atoms with van der Waals surface area (Å²) in [7, 11) is 0. The van der Waals surface area contributed by atoms with E-state index >= 15 is 0 Å². The Balaban J connectivity index is 1.16. The zero-order chi connectivity index (χ0) is 45.1. The quantitative estimate of drug-likeness (QED) is 0.154. The molecule has 7 aromatic carbocycles. The third-order valence-electron chi connectivity index (χ3n) is 16.8. The normalized spacial score (nSPS) is 17.4. The summed E-state index contributed by atoms with van der Waals surface area (Å²) in [6, 6.07) is 45.4. The van der Waals surface area contributed by atoms with Gasteiger partial charge in [0.1, 0.15) is 11.2 Å². The number of nitrogens with zero attached hydrogens (tertiary/aromatic N) is 2. The molecule has 0 N–H and O–H groups in total. The molecule has 0 fully saturated rings. The van der Waals surface area contributed by atoms with Crippen LogP contribution in [-0.4, -0.2) is 11.4 Å².